The molecule has 0 aliphatic carbocycles. The van der Waals surface area contributed by atoms with E-state index in [9.17, 15) is 10.1 Å². The summed E-state index contributed by atoms with van der Waals surface area (Å²) in [5.74, 6) is 1.05. The molecule has 0 spiro atoms. The molecule has 0 amide bonds. The quantitative estimate of drug-likeness (QED) is 0.484. The van der Waals surface area contributed by atoms with E-state index >= 15 is 0 Å². The van der Waals surface area contributed by atoms with Crippen molar-refractivity contribution < 1.29 is 9.66 Å². The molecule has 1 heterocycles. The van der Waals surface area contributed by atoms with Crippen LogP contribution in [-0.4, -0.2) is 14.7 Å². The van der Waals surface area contributed by atoms with Crippen LogP contribution in [0.1, 0.15) is 16.8 Å². The van der Waals surface area contributed by atoms with Crippen molar-refractivity contribution in [3.05, 3.63) is 45.1 Å². The van der Waals surface area contributed by atoms with E-state index < -0.39 is 4.92 Å². The van der Waals surface area contributed by atoms with Crippen molar-refractivity contribution in [1.29, 1.82) is 0 Å². The highest BCUT2D eigenvalue weighted by molar-refractivity contribution is 9.08. The first kappa shape index (κ1) is 14.5. The lowest BCUT2D eigenvalue weighted by Crippen LogP contribution is -1.99. The number of hydrogen-bond donors (Lipinski definition) is 0. The van der Waals surface area contributed by atoms with Crippen molar-refractivity contribution >= 4 is 21.6 Å². The van der Waals surface area contributed by atoms with Crippen molar-refractivity contribution in [3.63, 3.8) is 0 Å². The highest BCUT2D eigenvalue weighted by atomic mass is 79.9. The van der Waals surface area contributed by atoms with Gasteiger partial charge >= 0.3 is 0 Å². The number of hydrogen-bond acceptors (Lipinski definition) is 4. The van der Waals surface area contributed by atoms with E-state index in [0.29, 0.717) is 22.5 Å². The van der Waals surface area contributed by atoms with Crippen LogP contribution < -0.4 is 4.74 Å². The molecule has 6 nitrogen and oxygen atoms in total. The number of halogens is 1. The molecule has 0 fully saturated rings. The van der Waals surface area contributed by atoms with E-state index in [0.717, 1.165) is 11.3 Å². The van der Waals surface area contributed by atoms with Gasteiger partial charge in [-0.15, -0.1) is 0 Å². The fraction of sp³-hybridized carbons (Fsp3) is 0.308. The summed E-state index contributed by atoms with van der Waals surface area (Å²) < 4.78 is 7.47. The maximum absolute atomic E-state index is 10.9. The lowest BCUT2D eigenvalue weighted by atomic mass is 10.2. The van der Waals surface area contributed by atoms with Crippen molar-refractivity contribution in [2.24, 2.45) is 7.05 Å². The number of alkyl halides is 1. The Morgan fingerprint density at radius 3 is 2.75 bits per heavy atom. The first-order valence-corrected chi connectivity index (χ1v) is 7.08. The third kappa shape index (κ3) is 2.53. The zero-order valence-electron chi connectivity index (χ0n) is 11.4. The minimum absolute atomic E-state index is 0.0433. The SMILES string of the molecule is Cc1nn(C)c(Oc2cccc([N+](=O)[O-])c2C)c1CBr. The normalized spacial score (nSPS) is 10.6. The lowest BCUT2D eigenvalue weighted by molar-refractivity contribution is -0.385. The Balaban J connectivity index is 2.46. The zero-order chi connectivity index (χ0) is 14.9. The van der Waals surface area contributed by atoms with Gasteiger partial charge in [-0.3, -0.25) is 10.1 Å². The van der Waals surface area contributed by atoms with Crippen LogP contribution in [0, 0.1) is 24.0 Å². The Hall–Kier alpha value is -1.89. The highest BCUT2D eigenvalue weighted by Gasteiger charge is 2.19. The number of aryl methyl sites for hydroxylation is 2. The number of nitro groups is 1. The standard InChI is InChI=1S/C13H14BrN3O3/c1-8-11(17(18)19)5-4-6-12(8)20-13-10(7-14)9(2)15-16(13)3/h4-6H,7H2,1-3H3. The summed E-state index contributed by atoms with van der Waals surface area (Å²) in [6, 6.07) is 4.78. The number of aromatic nitrogens is 2. The fourth-order valence-electron chi connectivity index (χ4n) is 1.98. The van der Waals surface area contributed by atoms with Gasteiger partial charge < -0.3 is 4.74 Å². The van der Waals surface area contributed by atoms with Gasteiger partial charge in [-0.1, -0.05) is 22.0 Å². The molecule has 2 rings (SSSR count). The van der Waals surface area contributed by atoms with E-state index in [2.05, 4.69) is 21.0 Å². The highest BCUT2D eigenvalue weighted by Crippen LogP contribution is 2.33. The molecule has 1 aromatic heterocycles. The van der Waals surface area contributed by atoms with Gasteiger partial charge in [0.15, 0.2) is 0 Å². The van der Waals surface area contributed by atoms with Gasteiger partial charge in [0.2, 0.25) is 5.88 Å². The molecule has 0 atom stereocenters. The Bertz CT molecular complexity index is 667. The maximum Gasteiger partial charge on any atom is 0.276 e. The van der Waals surface area contributed by atoms with Gasteiger partial charge in [0.25, 0.3) is 5.69 Å². The summed E-state index contributed by atoms with van der Waals surface area (Å²) in [5.41, 5.74) is 2.33. The summed E-state index contributed by atoms with van der Waals surface area (Å²) >= 11 is 3.40. The molecule has 0 saturated carbocycles. The third-order valence-electron chi connectivity index (χ3n) is 3.08. The van der Waals surface area contributed by atoms with Gasteiger partial charge in [0, 0.05) is 24.0 Å². The van der Waals surface area contributed by atoms with Crippen LogP contribution in [0.4, 0.5) is 5.69 Å². The minimum Gasteiger partial charge on any atom is -0.438 e. The molecule has 0 N–H and O–H groups in total. The molecule has 0 aliphatic rings. The molecule has 0 bridgehead atoms. The molecule has 0 unspecified atom stereocenters. The predicted octanol–water partition coefficient (Wildman–Crippen LogP) is 3.63. The molecule has 106 valence electrons. The average Bonchev–Trinajstić information content (AvgIpc) is 2.65. The third-order valence-corrected chi connectivity index (χ3v) is 3.64. The van der Waals surface area contributed by atoms with E-state index in [1.54, 1.807) is 30.8 Å². The topological polar surface area (TPSA) is 70.2 Å². The summed E-state index contributed by atoms with van der Waals surface area (Å²) in [6.07, 6.45) is 0. The van der Waals surface area contributed by atoms with Crippen LogP contribution in [0.5, 0.6) is 11.6 Å². The van der Waals surface area contributed by atoms with E-state index in [4.69, 9.17) is 4.74 Å². The predicted molar refractivity (Wildman–Crippen MR) is 78.5 cm³/mol. The van der Waals surface area contributed by atoms with Gasteiger partial charge in [-0.05, 0) is 19.9 Å². The Kier molecular flexibility index (Phi) is 4.08. The van der Waals surface area contributed by atoms with Crippen molar-refractivity contribution in [2.75, 3.05) is 0 Å². The molecule has 0 aliphatic heterocycles. The second-order valence-electron chi connectivity index (χ2n) is 4.39. The van der Waals surface area contributed by atoms with E-state index in [1.807, 2.05) is 6.92 Å². The van der Waals surface area contributed by atoms with Gasteiger partial charge in [-0.25, -0.2) is 4.68 Å². The molecule has 0 saturated heterocycles. The molecular formula is C13H14BrN3O3. The average molecular weight is 340 g/mol. The van der Waals surface area contributed by atoms with Gasteiger partial charge in [-0.2, -0.15) is 5.10 Å². The van der Waals surface area contributed by atoms with Crippen LogP contribution in [0.15, 0.2) is 18.2 Å². The van der Waals surface area contributed by atoms with Crippen LogP contribution in [0.3, 0.4) is 0 Å². The van der Waals surface area contributed by atoms with E-state index in [1.165, 1.54) is 6.07 Å². The van der Waals surface area contributed by atoms with Crippen molar-refractivity contribution in [1.82, 2.24) is 9.78 Å². The summed E-state index contributed by atoms with van der Waals surface area (Å²) in [4.78, 5) is 10.5. The van der Waals surface area contributed by atoms with Crippen molar-refractivity contribution in [3.8, 4) is 11.6 Å². The summed E-state index contributed by atoms with van der Waals surface area (Å²) in [7, 11) is 1.78. The van der Waals surface area contributed by atoms with Crippen LogP contribution >= 0.6 is 15.9 Å². The van der Waals surface area contributed by atoms with Crippen LogP contribution in [-0.2, 0) is 12.4 Å². The first-order chi connectivity index (χ1) is 9.45. The Morgan fingerprint density at radius 1 is 1.45 bits per heavy atom. The Labute approximate surface area is 124 Å². The fourth-order valence-corrected chi connectivity index (χ4v) is 2.62. The lowest BCUT2D eigenvalue weighted by Gasteiger charge is -2.10. The molecule has 2 aromatic rings. The molecule has 1 aromatic carbocycles. The number of nitro benzene ring substituents is 1. The zero-order valence-corrected chi connectivity index (χ0v) is 13.0. The second kappa shape index (κ2) is 5.62. The number of benzene rings is 1. The summed E-state index contributed by atoms with van der Waals surface area (Å²) in [5, 5.41) is 15.8. The number of nitrogens with zero attached hydrogens (tertiary/aromatic N) is 3. The van der Waals surface area contributed by atoms with Crippen LogP contribution in [0.25, 0.3) is 0 Å². The van der Waals surface area contributed by atoms with Gasteiger partial charge in [0.05, 0.1) is 16.2 Å². The van der Waals surface area contributed by atoms with Crippen LogP contribution in [0.2, 0.25) is 0 Å². The second-order valence-corrected chi connectivity index (χ2v) is 4.95. The van der Waals surface area contributed by atoms with Crippen molar-refractivity contribution in [2.45, 2.75) is 19.2 Å². The number of rotatable bonds is 4. The smallest absolute Gasteiger partial charge is 0.276 e. The molecular weight excluding hydrogens is 326 g/mol. The maximum atomic E-state index is 10.9. The molecule has 0 radical (unpaired) electrons. The number of ether oxygens (including phenoxy) is 1. The monoisotopic (exact) mass is 339 g/mol. The van der Waals surface area contributed by atoms with Gasteiger partial charge in [0.1, 0.15) is 5.75 Å². The molecule has 7 heteroatoms. The first-order valence-electron chi connectivity index (χ1n) is 5.96. The largest absolute Gasteiger partial charge is 0.438 e. The van der Waals surface area contributed by atoms with E-state index in [-0.39, 0.29) is 5.69 Å². The summed E-state index contributed by atoms with van der Waals surface area (Å²) in [6.45, 7) is 3.56. The minimum atomic E-state index is -0.415. The molecule has 20 heavy (non-hydrogen) atoms. The Morgan fingerprint density at radius 2 is 2.15 bits per heavy atom.